The number of aliphatic carboxylic acids is 1. The van der Waals surface area contributed by atoms with Gasteiger partial charge in [0.15, 0.2) is 9.04 Å². The minimum absolute atomic E-state index is 0.0922. The summed E-state index contributed by atoms with van der Waals surface area (Å²) in [6.07, 6.45) is 2.15. The molecule has 0 aliphatic heterocycles. The van der Waals surface area contributed by atoms with Crippen molar-refractivity contribution in [2.24, 2.45) is 5.41 Å². The number of ether oxygens (including phenoxy) is 1. The monoisotopic (exact) mass is 396 g/mol. The van der Waals surface area contributed by atoms with Crippen LogP contribution in [0.1, 0.15) is 39.2 Å². The van der Waals surface area contributed by atoms with Crippen LogP contribution in [-0.2, 0) is 18.8 Å². The van der Waals surface area contributed by atoms with Crippen molar-refractivity contribution in [2.45, 2.75) is 52.3 Å². The number of carboxylic acid groups (broad SMARTS) is 1. The number of carbonyl (C=O) groups excluding carboxylic acids is 1. The molecule has 0 radical (unpaired) electrons. The molecule has 1 atom stereocenters. The number of esters is 1. The molecule has 0 bridgehead atoms. The van der Waals surface area contributed by atoms with E-state index in [4.69, 9.17) is 9.16 Å². The molecule has 0 saturated carbocycles. The summed E-state index contributed by atoms with van der Waals surface area (Å²) in [6.45, 7) is 9.73. The van der Waals surface area contributed by atoms with Gasteiger partial charge in [-0.15, -0.1) is 0 Å². The molecule has 0 aromatic heterocycles. The van der Waals surface area contributed by atoms with Crippen LogP contribution in [0.25, 0.3) is 5.57 Å². The van der Waals surface area contributed by atoms with Crippen LogP contribution in [0.2, 0.25) is 13.1 Å². The topological polar surface area (TPSA) is 72.8 Å². The van der Waals surface area contributed by atoms with Gasteiger partial charge in [-0.1, -0.05) is 39.0 Å². The highest BCUT2D eigenvalue weighted by atomic mass is 28.3. The predicted octanol–water partition coefficient (Wildman–Crippen LogP) is 4.03. The van der Waals surface area contributed by atoms with E-state index in [0.29, 0.717) is 6.42 Å². The Morgan fingerprint density at radius 1 is 1.19 bits per heavy atom. The van der Waals surface area contributed by atoms with Crippen LogP contribution in [0.4, 0.5) is 4.39 Å². The molecule has 0 aliphatic rings. The first-order valence-corrected chi connectivity index (χ1v) is 11.6. The van der Waals surface area contributed by atoms with Gasteiger partial charge in [0.05, 0.1) is 7.11 Å². The molecule has 1 N–H and O–H groups in total. The second-order valence-corrected chi connectivity index (χ2v) is 10.3. The number of hydrogen-bond acceptors (Lipinski definition) is 4. The minimum atomic E-state index is -2.07. The molecule has 0 amide bonds. The summed E-state index contributed by atoms with van der Waals surface area (Å²) in [5, 5.41) is 9.74. The number of methoxy groups -OCH3 is 1. The molecule has 150 valence electrons. The zero-order chi connectivity index (χ0) is 20.8. The van der Waals surface area contributed by atoms with E-state index in [1.54, 1.807) is 31.3 Å². The summed E-state index contributed by atoms with van der Waals surface area (Å²) < 4.78 is 23.7. The summed E-state index contributed by atoms with van der Waals surface area (Å²) in [4.78, 5) is 24.3. The number of carbonyl (C=O) groups is 2. The summed E-state index contributed by atoms with van der Waals surface area (Å²) in [5.41, 5.74) is -0.563. The first-order chi connectivity index (χ1) is 12.4. The highest BCUT2D eigenvalue weighted by Gasteiger charge is 2.48. The molecule has 1 aromatic rings. The molecular formula is C20H29FO5Si. The van der Waals surface area contributed by atoms with E-state index >= 15 is 0 Å². The van der Waals surface area contributed by atoms with Crippen molar-refractivity contribution in [3.05, 3.63) is 41.7 Å². The average molecular weight is 397 g/mol. The third-order valence-corrected chi connectivity index (χ3v) is 4.74. The Hall–Kier alpha value is -1.99. The van der Waals surface area contributed by atoms with Crippen molar-refractivity contribution in [3.63, 3.8) is 0 Å². The fourth-order valence-electron chi connectivity index (χ4n) is 2.77. The van der Waals surface area contributed by atoms with Gasteiger partial charge in [0.2, 0.25) is 0 Å². The minimum Gasteiger partial charge on any atom is -0.479 e. The first-order valence-electron chi connectivity index (χ1n) is 8.86. The number of halogens is 1. The Balaban J connectivity index is 3.38. The van der Waals surface area contributed by atoms with Gasteiger partial charge in [-0.3, -0.25) is 0 Å². The molecule has 0 fully saturated rings. The number of rotatable bonds is 8. The third-order valence-electron chi connectivity index (χ3n) is 3.87. The van der Waals surface area contributed by atoms with Crippen LogP contribution in [0.5, 0.6) is 0 Å². The normalized spacial score (nSPS) is 14.7. The van der Waals surface area contributed by atoms with E-state index < -0.39 is 26.6 Å². The molecule has 1 aromatic carbocycles. The third kappa shape index (κ3) is 6.59. The lowest BCUT2D eigenvalue weighted by molar-refractivity contribution is -0.174. The zero-order valence-corrected chi connectivity index (χ0v) is 18.0. The van der Waals surface area contributed by atoms with Crippen LogP contribution in [-0.4, -0.2) is 38.8 Å². The van der Waals surface area contributed by atoms with Gasteiger partial charge >= 0.3 is 11.9 Å². The van der Waals surface area contributed by atoms with Gasteiger partial charge < -0.3 is 14.3 Å². The standard InChI is InChI=1S/C20H29FO5Si/c1-19(2,3)13-15(14-7-9-16(21)10-8-14)11-12-20(17(22)23,18(24)25-4)26-27(5)6/h7-11,27H,12-13H2,1-6H3,(H,22,23). The number of hydrogen-bond donors (Lipinski definition) is 1. The first kappa shape index (κ1) is 23.0. The van der Waals surface area contributed by atoms with E-state index in [1.807, 2.05) is 20.8 Å². The van der Waals surface area contributed by atoms with Crippen LogP contribution in [0, 0.1) is 11.2 Å². The Labute approximate surface area is 161 Å². The summed E-state index contributed by atoms with van der Waals surface area (Å²) in [7, 11) is -0.724. The second kappa shape index (κ2) is 9.28. The number of allylic oxidation sites excluding steroid dienone is 1. The smallest absolute Gasteiger partial charge is 0.349 e. The molecule has 1 rings (SSSR count). The number of carboxylic acids is 1. The number of benzene rings is 1. The van der Waals surface area contributed by atoms with E-state index in [1.165, 1.54) is 12.1 Å². The zero-order valence-electron chi connectivity index (χ0n) is 16.8. The molecule has 5 nitrogen and oxygen atoms in total. The van der Waals surface area contributed by atoms with Crippen molar-refractivity contribution in [1.82, 2.24) is 0 Å². The van der Waals surface area contributed by atoms with Gasteiger partial charge in [0.1, 0.15) is 5.82 Å². The van der Waals surface area contributed by atoms with E-state index in [9.17, 15) is 19.1 Å². The van der Waals surface area contributed by atoms with E-state index in [0.717, 1.165) is 18.2 Å². The average Bonchev–Trinajstić information content (AvgIpc) is 2.55. The van der Waals surface area contributed by atoms with Crippen molar-refractivity contribution in [3.8, 4) is 0 Å². The Bertz CT molecular complexity index is 691. The highest BCUT2D eigenvalue weighted by molar-refractivity contribution is 6.49. The lowest BCUT2D eigenvalue weighted by Crippen LogP contribution is -2.51. The fraction of sp³-hybridized carbons (Fsp3) is 0.500. The van der Waals surface area contributed by atoms with Crippen LogP contribution < -0.4 is 0 Å². The summed E-state index contributed by atoms with van der Waals surface area (Å²) in [6, 6.07) is 6.00. The van der Waals surface area contributed by atoms with Gasteiger partial charge in [-0.2, -0.15) is 0 Å². The van der Waals surface area contributed by atoms with Crippen molar-refractivity contribution in [1.29, 1.82) is 0 Å². The fourth-order valence-corrected chi connectivity index (χ4v) is 3.86. The van der Waals surface area contributed by atoms with Crippen molar-refractivity contribution >= 4 is 26.6 Å². The molecule has 0 aliphatic carbocycles. The molecule has 0 heterocycles. The maximum Gasteiger partial charge on any atom is 0.349 e. The van der Waals surface area contributed by atoms with E-state index in [-0.39, 0.29) is 17.7 Å². The lowest BCUT2D eigenvalue weighted by Gasteiger charge is -2.29. The molecule has 0 spiro atoms. The molecule has 0 saturated heterocycles. The van der Waals surface area contributed by atoms with Crippen molar-refractivity contribution in [2.75, 3.05) is 7.11 Å². The quantitative estimate of drug-likeness (QED) is 0.408. The predicted molar refractivity (Wildman–Crippen MR) is 105 cm³/mol. The van der Waals surface area contributed by atoms with Crippen molar-refractivity contribution < 1.29 is 28.2 Å². The molecule has 1 unspecified atom stereocenters. The van der Waals surface area contributed by atoms with Crippen LogP contribution in [0.3, 0.4) is 0 Å². The van der Waals surface area contributed by atoms with Gasteiger partial charge in [-0.05, 0) is 48.2 Å². The largest absolute Gasteiger partial charge is 0.479 e. The molecule has 7 heteroatoms. The second-order valence-electron chi connectivity index (χ2n) is 7.97. The van der Waals surface area contributed by atoms with Crippen LogP contribution >= 0.6 is 0 Å². The lowest BCUT2D eigenvalue weighted by atomic mass is 9.84. The Kier molecular flexibility index (Phi) is 7.92. The molecular weight excluding hydrogens is 367 g/mol. The highest BCUT2D eigenvalue weighted by Crippen LogP contribution is 2.33. The summed E-state index contributed by atoms with van der Waals surface area (Å²) in [5.74, 6) is -2.65. The maximum absolute atomic E-state index is 13.3. The van der Waals surface area contributed by atoms with Crippen LogP contribution in [0.15, 0.2) is 30.3 Å². The Morgan fingerprint density at radius 2 is 1.74 bits per heavy atom. The summed E-state index contributed by atoms with van der Waals surface area (Å²) >= 11 is 0. The Morgan fingerprint density at radius 3 is 2.15 bits per heavy atom. The van der Waals surface area contributed by atoms with Gasteiger partial charge in [0.25, 0.3) is 5.60 Å². The van der Waals surface area contributed by atoms with Gasteiger partial charge in [-0.25, -0.2) is 14.0 Å². The maximum atomic E-state index is 13.3. The van der Waals surface area contributed by atoms with E-state index in [2.05, 4.69) is 0 Å². The molecule has 27 heavy (non-hydrogen) atoms. The van der Waals surface area contributed by atoms with Gasteiger partial charge in [0, 0.05) is 6.42 Å². The SMILES string of the molecule is COC(=O)C(CC=C(CC(C)(C)C)c1ccc(F)cc1)(O[SiH](C)C)C(=O)O.